The quantitative estimate of drug-likeness (QED) is 0.920. The van der Waals surface area contributed by atoms with Gasteiger partial charge in [-0.15, -0.1) is 0 Å². The predicted octanol–water partition coefficient (Wildman–Crippen LogP) is 1.58. The molecular formula is C15H22N2O3S. The van der Waals surface area contributed by atoms with E-state index in [0.29, 0.717) is 12.8 Å². The molecule has 2 N–H and O–H groups in total. The second kappa shape index (κ2) is 5.77. The first kappa shape index (κ1) is 16.0. The lowest BCUT2D eigenvalue weighted by molar-refractivity contribution is -0.123. The molecule has 0 aliphatic carbocycles. The van der Waals surface area contributed by atoms with Gasteiger partial charge in [0, 0.05) is 12.6 Å². The lowest BCUT2D eigenvalue weighted by atomic mass is 9.95. The van der Waals surface area contributed by atoms with Gasteiger partial charge in [-0.25, -0.2) is 8.42 Å². The molecule has 1 aromatic carbocycles. The van der Waals surface area contributed by atoms with Gasteiger partial charge in [0.1, 0.15) is 0 Å². The molecule has 0 spiro atoms. The fraction of sp³-hybridized carbons (Fsp3) is 0.533. The monoisotopic (exact) mass is 310 g/mol. The smallest absolute Gasteiger partial charge is 0.243 e. The summed E-state index contributed by atoms with van der Waals surface area (Å²) >= 11 is 0. The standard InChI is InChI=1S/C15H22N2O3S/c1-10-4-7-14(8-11(10)2)21(19,20)17-9-13(15(16)18)6-5-12(17)3/h4,7-8,12-13H,5-6,9H2,1-3H3,(H2,16,18). The number of aryl methyl sites for hydroxylation is 2. The minimum absolute atomic E-state index is 0.118. The van der Waals surface area contributed by atoms with Gasteiger partial charge >= 0.3 is 0 Å². The van der Waals surface area contributed by atoms with E-state index < -0.39 is 21.8 Å². The minimum Gasteiger partial charge on any atom is -0.369 e. The fourth-order valence-corrected chi connectivity index (χ4v) is 4.44. The first-order chi connectivity index (χ1) is 9.73. The molecule has 2 rings (SSSR count). The maximum Gasteiger partial charge on any atom is 0.243 e. The Kier molecular flexibility index (Phi) is 4.39. The van der Waals surface area contributed by atoms with E-state index >= 15 is 0 Å². The largest absolute Gasteiger partial charge is 0.369 e. The average Bonchev–Trinajstić information content (AvgIpc) is 2.41. The van der Waals surface area contributed by atoms with E-state index in [0.717, 1.165) is 11.1 Å². The number of nitrogens with two attached hydrogens (primary N) is 1. The van der Waals surface area contributed by atoms with E-state index in [1.54, 1.807) is 12.1 Å². The van der Waals surface area contributed by atoms with Crippen molar-refractivity contribution in [3.8, 4) is 0 Å². The van der Waals surface area contributed by atoms with Crippen LogP contribution in [0.15, 0.2) is 23.1 Å². The second-order valence-electron chi connectivity index (χ2n) is 5.85. The van der Waals surface area contributed by atoms with E-state index in [2.05, 4.69) is 0 Å². The molecule has 2 atom stereocenters. The van der Waals surface area contributed by atoms with E-state index in [1.807, 2.05) is 26.8 Å². The highest BCUT2D eigenvalue weighted by atomic mass is 32.2. The molecule has 0 radical (unpaired) electrons. The van der Waals surface area contributed by atoms with Crippen LogP contribution in [0.3, 0.4) is 0 Å². The van der Waals surface area contributed by atoms with Crippen molar-refractivity contribution in [2.24, 2.45) is 11.7 Å². The molecule has 0 saturated carbocycles. The maximum absolute atomic E-state index is 12.8. The summed E-state index contributed by atoms with van der Waals surface area (Å²) in [5.41, 5.74) is 7.33. The van der Waals surface area contributed by atoms with Gasteiger partial charge in [0.25, 0.3) is 0 Å². The molecule has 0 aromatic heterocycles. The number of benzene rings is 1. The topological polar surface area (TPSA) is 80.5 Å². The Balaban J connectivity index is 2.36. The molecule has 1 aliphatic rings. The van der Waals surface area contributed by atoms with Gasteiger partial charge in [0.05, 0.1) is 10.8 Å². The number of carbonyl (C=O) groups excluding carboxylic acids is 1. The van der Waals surface area contributed by atoms with Crippen LogP contribution in [0, 0.1) is 19.8 Å². The number of amides is 1. The molecule has 1 aliphatic heterocycles. The molecule has 1 amide bonds. The van der Waals surface area contributed by atoms with E-state index in [1.165, 1.54) is 4.31 Å². The van der Waals surface area contributed by atoms with Gasteiger partial charge in [-0.1, -0.05) is 6.07 Å². The normalized spacial score (nSPS) is 24.0. The Morgan fingerprint density at radius 1 is 1.24 bits per heavy atom. The van der Waals surface area contributed by atoms with Crippen LogP contribution < -0.4 is 5.73 Å². The van der Waals surface area contributed by atoms with Crippen molar-refractivity contribution in [3.05, 3.63) is 29.3 Å². The van der Waals surface area contributed by atoms with E-state index in [9.17, 15) is 13.2 Å². The number of piperidine rings is 1. The summed E-state index contributed by atoms with van der Waals surface area (Å²) in [6.45, 7) is 5.88. The highest BCUT2D eigenvalue weighted by molar-refractivity contribution is 7.89. The highest BCUT2D eigenvalue weighted by Crippen LogP contribution is 2.28. The van der Waals surface area contributed by atoms with E-state index in [-0.39, 0.29) is 17.5 Å². The number of hydrogen-bond acceptors (Lipinski definition) is 3. The van der Waals surface area contributed by atoms with Gasteiger partial charge in [-0.3, -0.25) is 4.79 Å². The molecule has 1 fully saturated rings. The number of sulfonamides is 1. The first-order valence-corrected chi connectivity index (χ1v) is 8.56. The average molecular weight is 310 g/mol. The van der Waals surface area contributed by atoms with Gasteiger partial charge in [-0.2, -0.15) is 4.31 Å². The summed E-state index contributed by atoms with van der Waals surface area (Å²) in [5.74, 6) is -0.829. The van der Waals surface area contributed by atoms with Gasteiger partial charge in [0.15, 0.2) is 0 Å². The third kappa shape index (κ3) is 3.11. The van der Waals surface area contributed by atoms with Gasteiger partial charge in [0.2, 0.25) is 15.9 Å². The van der Waals surface area contributed by atoms with Crippen LogP contribution in [0.1, 0.15) is 30.9 Å². The summed E-state index contributed by atoms with van der Waals surface area (Å²) in [6.07, 6.45) is 1.30. The zero-order valence-corrected chi connectivity index (χ0v) is 13.5. The third-order valence-corrected chi connectivity index (χ3v) is 6.29. The van der Waals surface area contributed by atoms with Crippen LogP contribution in [-0.2, 0) is 14.8 Å². The number of hydrogen-bond donors (Lipinski definition) is 1. The molecule has 1 aromatic rings. The number of carbonyl (C=O) groups is 1. The fourth-order valence-electron chi connectivity index (χ4n) is 2.65. The van der Waals surface area contributed by atoms with Crippen LogP contribution >= 0.6 is 0 Å². The summed E-state index contributed by atoms with van der Waals surface area (Å²) in [6, 6.07) is 5.00. The molecule has 21 heavy (non-hydrogen) atoms. The Morgan fingerprint density at radius 3 is 2.48 bits per heavy atom. The van der Waals surface area contributed by atoms with Crippen LogP contribution in [0.4, 0.5) is 0 Å². The summed E-state index contributed by atoms with van der Waals surface area (Å²) < 4.78 is 27.0. The Morgan fingerprint density at radius 2 is 1.90 bits per heavy atom. The summed E-state index contributed by atoms with van der Waals surface area (Å²) in [7, 11) is -3.59. The number of rotatable bonds is 3. The Hall–Kier alpha value is -1.40. The van der Waals surface area contributed by atoms with Gasteiger partial charge in [-0.05, 0) is 56.9 Å². The van der Waals surface area contributed by atoms with Crippen LogP contribution in [-0.4, -0.2) is 31.2 Å². The number of primary amides is 1. The maximum atomic E-state index is 12.8. The Labute approximate surface area is 126 Å². The molecule has 2 unspecified atom stereocenters. The number of nitrogens with zero attached hydrogens (tertiary/aromatic N) is 1. The molecular weight excluding hydrogens is 288 g/mol. The Bertz CT molecular complexity index is 655. The summed E-state index contributed by atoms with van der Waals surface area (Å²) in [4.78, 5) is 11.6. The molecule has 5 nitrogen and oxygen atoms in total. The first-order valence-electron chi connectivity index (χ1n) is 7.12. The molecule has 1 heterocycles. The molecule has 0 bridgehead atoms. The van der Waals surface area contributed by atoms with Crippen molar-refractivity contribution >= 4 is 15.9 Å². The van der Waals surface area contributed by atoms with Crippen molar-refractivity contribution in [2.75, 3.05) is 6.54 Å². The van der Waals surface area contributed by atoms with Crippen molar-refractivity contribution in [1.82, 2.24) is 4.31 Å². The minimum atomic E-state index is -3.59. The zero-order chi connectivity index (χ0) is 15.8. The second-order valence-corrected chi connectivity index (χ2v) is 7.74. The predicted molar refractivity (Wildman–Crippen MR) is 81.2 cm³/mol. The van der Waals surface area contributed by atoms with Crippen LogP contribution in [0.2, 0.25) is 0 Å². The van der Waals surface area contributed by atoms with Gasteiger partial charge < -0.3 is 5.73 Å². The zero-order valence-electron chi connectivity index (χ0n) is 12.7. The van der Waals surface area contributed by atoms with Crippen molar-refractivity contribution < 1.29 is 13.2 Å². The van der Waals surface area contributed by atoms with Crippen LogP contribution in [0.25, 0.3) is 0 Å². The van der Waals surface area contributed by atoms with Crippen molar-refractivity contribution in [3.63, 3.8) is 0 Å². The molecule has 6 heteroatoms. The van der Waals surface area contributed by atoms with Crippen LogP contribution in [0.5, 0.6) is 0 Å². The molecule has 116 valence electrons. The summed E-state index contributed by atoms with van der Waals surface area (Å²) in [5, 5.41) is 0. The lowest BCUT2D eigenvalue weighted by Crippen LogP contribution is -2.48. The van der Waals surface area contributed by atoms with Crippen molar-refractivity contribution in [1.29, 1.82) is 0 Å². The van der Waals surface area contributed by atoms with E-state index in [4.69, 9.17) is 5.73 Å². The molecule has 1 saturated heterocycles. The van der Waals surface area contributed by atoms with Crippen molar-refractivity contribution in [2.45, 2.75) is 44.6 Å². The SMILES string of the molecule is Cc1ccc(S(=O)(=O)N2CC(C(N)=O)CCC2C)cc1C. The third-order valence-electron chi connectivity index (χ3n) is 4.31. The highest BCUT2D eigenvalue weighted by Gasteiger charge is 2.36. The lowest BCUT2D eigenvalue weighted by Gasteiger charge is -2.35.